The number of aromatic amines is 1. The lowest BCUT2D eigenvalue weighted by atomic mass is 10.1. The normalized spacial score (nSPS) is 14.5. The van der Waals surface area contributed by atoms with Crippen molar-refractivity contribution in [3.63, 3.8) is 0 Å². The molecule has 0 aliphatic carbocycles. The number of benzene rings is 1. The molecule has 3 heterocycles. The lowest BCUT2D eigenvalue weighted by molar-refractivity contribution is 0.204. The number of hydrogen-bond donors (Lipinski definition) is 2. The number of rotatable bonds is 6. The fourth-order valence-corrected chi connectivity index (χ4v) is 3.49. The second-order valence-corrected chi connectivity index (χ2v) is 7.27. The highest BCUT2D eigenvalue weighted by molar-refractivity contribution is 5.93. The monoisotopic (exact) mass is 410 g/mol. The molecule has 0 fully saturated rings. The van der Waals surface area contributed by atoms with Gasteiger partial charge >= 0.3 is 0 Å². The van der Waals surface area contributed by atoms with Crippen molar-refractivity contribution in [1.82, 2.24) is 20.2 Å². The summed E-state index contributed by atoms with van der Waals surface area (Å²) in [6.07, 6.45) is 3.73. The third-order valence-electron chi connectivity index (χ3n) is 4.91. The fraction of sp³-hybridized carbons (Fsp3) is 0.286. The Labute approximate surface area is 173 Å². The molecule has 9 heteroatoms. The molecular weight excluding hydrogens is 387 g/mol. The summed E-state index contributed by atoms with van der Waals surface area (Å²) in [6.45, 7) is 8.80. The van der Waals surface area contributed by atoms with Gasteiger partial charge in [0, 0.05) is 42.6 Å². The molecule has 30 heavy (non-hydrogen) atoms. The third kappa shape index (κ3) is 3.71. The number of H-pyrrole nitrogens is 1. The molecule has 2 aromatic heterocycles. The van der Waals surface area contributed by atoms with E-state index < -0.39 is 5.82 Å². The summed E-state index contributed by atoms with van der Waals surface area (Å²) >= 11 is 0. The smallest absolute Gasteiger partial charge is 0.167 e. The Morgan fingerprint density at radius 2 is 2.13 bits per heavy atom. The van der Waals surface area contributed by atoms with Crippen molar-refractivity contribution >= 4 is 16.7 Å². The molecule has 0 atom stereocenters. The van der Waals surface area contributed by atoms with Crippen LogP contribution in [0.15, 0.2) is 48.5 Å². The Kier molecular flexibility index (Phi) is 5.37. The van der Waals surface area contributed by atoms with Crippen molar-refractivity contribution < 1.29 is 14.0 Å². The van der Waals surface area contributed by atoms with Crippen LogP contribution in [0.1, 0.15) is 20.3 Å². The highest BCUT2D eigenvalue weighted by atomic mass is 19.1. The van der Waals surface area contributed by atoms with Crippen LogP contribution in [0, 0.1) is 5.82 Å². The fourth-order valence-electron chi connectivity index (χ4n) is 3.49. The molecule has 0 bridgehead atoms. The molecule has 3 N–H and O–H groups in total. The maximum Gasteiger partial charge on any atom is 0.167 e. The highest BCUT2D eigenvalue weighted by Gasteiger charge is 2.21. The Hall–Kier alpha value is -3.46. The van der Waals surface area contributed by atoms with Crippen LogP contribution in [0.2, 0.25) is 0 Å². The molecule has 0 saturated heterocycles. The Morgan fingerprint density at radius 3 is 2.87 bits per heavy atom. The summed E-state index contributed by atoms with van der Waals surface area (Å²) in [5.41, 5.74) is 2.71. The van der Waals surface area contributed by atoms with Crippen LogP contribution in [-0.2, 0) is 4.84 Å². The number of anilines is 1. The van der Waals surface area contributed by atoms with Crippen LogP contribution in [0.4, 0.5) is 10.2 Å². The predicted octanol–water partition coefficient (Wildman–Crippen LogP) is 3.49. The number of ether oxygens (including phenoxy) is 1. The number of nitrogens with two attached hydrogens (primary N) is 1. The molecule has 0 amide bonds. The minimum absolute atomic E-state index is 0.147. The lowest BCUT2D eigenvalue weighted by Crippen LogP contribution is -2.33. The van der Waals surface area contributed by atoms with Crippen LogP contribution in [-0.4, -0.2) is 39.4 Å². The molecular formula is C21H23FN6O2. The van der Waals surface area contributed by atoms with E-state index in [2.05, 4.69) is 31.6 Å². The van der Waals surface area contributed by atoms with Crippen LogP contribution < -0.4 is 15.5 Å². The quantitative estimate of drug-likeness (QED) is 0.600. The van der Waals surface area contributed by atoms with E-state index in [0.29, 0.717) is 36.4 Å². The van der Waals surface area contributed by atoms with Crippen LogP contribution in [0.25, 0.3) is 22.3 Å². The summed E-state index contributed by atoms with van der Waals surface area (Å²) in [7, 11) is 0. The molecule has 0 unspecified atom stereocenters. The van der Waals surface area contributed by atoms with Crippen molar-refractivity contribution in [3.8, 4) is 17.1 Å². The first-order valence-corrected chi connectivity index (χ1v) is 9.63. The average Bonchev–Trinajstić information content (AvgIpc) is 3.15. The van der Waals surface area contributed by atoms with Crippen molar-refractivity contribution in [3.05, 3.63) is 54.3 Å². The molecule has 0 saturated carbocycles. The Bertz CT molecular complexity index is 1120. The van der Waals surface area contributed by atoms with E-state index >= 15 is 0 Å². The van der Waals surface area contributed by atoms with Gasteiger partial charge in [-0.3, -0.25) is 5.10 Å². The molecule has 3 aromatic rings. The number of fused-ring (bicyclic) bond motifs is 1. The molecule has 1 aliphatic heterocycles. The van der Waals surface area contributed by atoms with E-state index in [0.717, 1.165) is 22.5 Å². The minimum Gasteiger partial charge on any atom is -0.488 e. The molecule has 1 aliphatic rings. The standard InChI is InChI=1S/C21H23FN6O2/c1-4-13-10-28(6-5-18(13)30-23)20-9-17(24-11-25-20)21-14-7-19(29-12(2)3)15(22)8-16(14)26-27-21/h4,7-9,11-12H,1,5-6,10,23H2,2-3H3,(H,26,27). The zero-order valence-corrected chi connectivity index (χ0v) is 16.9. The molecule has 8 nitrogen and oxygen atoms in total. The Balaban J connectivity index is 1.70. The number of nitrogens with zero attached hydrogens (tertiary/aromatic N) is 4. The van der Waals surface area contributed by atoms with E-state index in [1.54, 1.807) is 12.1 Å². The van der Waals surface area contributed by atoms with Crippen molar-refractivity contribution in [2.75, 3.05) is 18.0 Å². The average molecular weight is 410 g/mol. The van der Waals surface area contributed by atoms with Gasteiger partial charge in [0.1, 0.15) is 23.6 Å². The maximum absolute atomic E-state index is 14.3. The van der Waals surface area contributed by atoms with Gasteiger partial charge < -0.3 is 14.5 Å². The van der Waals surface area contributed by atoms with Crippen LogP contribution in [0.3, 0.4) is 0 Å². The van der Waals surface area contributed by atoms with Gasteiger partial charge in [-0.2, -0.15) is 11.0 Å². The summed E-state index contributed by atoms with van der Waals surface area (Å²) < 4.78 is 19.9. The zero-order chi connectivity index (χ0) is 21.3. The van der Waals surface area contributed by atoms with E-state index in [9.17, 15) is 4.39 Å². The van der Waals surface area contributed by atoms with Gasteiger partial charge in [-0.1, -0.05) is 12.7 Å². The number of halogens is 1. The van der Waals surface area contributed by atoms with Gasteiger partial charge in [0.05, 0.1) is 17.3 Å². The van der Waals surface area contributed by atoms with E-state index in [1.165, 1.54) is 12.4 Å². The number of hydrogen-bond acceptors (Lipinski definition) is 7. The maximum atomic E-state index is 14.3. The summed E-state index contributed by atoms with van der Waals surface area (Å²) in [5, 5.41) is 7.94. The SMILES string of the molecule is C=CC1=C(ON)CCN(c2cc(-c3n[nH]c4cc(F)c(OC(C)C)cc34)ncn2)C1. The highest BCUT2D eigenvalue weighted by Crippen LogP contribution is 2.32. The van der Waals surface area contributed by atoms with E-state index in [1.807, 2.05) is 19.9 Å². The van der Waals surface area contributed by atoms with Gasteiger partial charge in [-0.05, 0) is 19.9 Å². The lowest BCUT2D eigenvalue weighted by Gasteiger charge is -2.29. The second kappa shape index (κ2) is 8.11. The first kappa shape index (κ1) is 19.8. The van der Waals surface area contributed by atoms with Crippen molar-refractivity contribution in [1.29, 1.82) is 0 Å². The predicted molar refractivity (Wildman–Crippen MR) is 112 cm³/mol. The van der Waals surface area contributed by atoms with Crippen molar-refractivity contribution in [2.45, 2.75) is 26.4 Å². The zero-order valence-electron chi connectivity index (χ0n) is 16.9. The summed E-state index contributed by atoms with van der Waals surface area (Å²) in [5.74, 6) is 6.56. The molecule has 156 valence electrons. The summed E-state index contributed by atoms with van der Waals surface area (Å²) in [6, 6.07) is 4.89. The molecule has 1 aromatic carbocycles. The summed E-state index contributed by atoms with van der Waals surface area (Å²) in [4.78, 5) is 15.8. The van der Waals surface area contributed by atoms with Crippen molar-refractivity contribution in [2.24, 2.45) is 5.90 Å². The third-order valence-corrected chi connectivity index (χ3v) is 4.91. The second-order valence-electron chi connectivity index (χ2n) is 7.27. The van der Waals surface area contributed by atoms with Gasteiger partial charge in [-0.25, -0.2) is 14.4 Å². The van der Waals surface area contributed by atoms with Gasteiger partial charge in [0.25, 0.3) is 0 Å². The van der Waals surface area contributed by atoms with Gasteiger partial charge in [0.15, 0.2) is 11.6 Å². The number of nitrogens with one attached hydrogen (secondary N) is 1. The van der Waals surface area contributed by atoms with Gasteiger partial charge in [-0.15, -0.1) is 0 Å². The van der Waals surface area contributed by atoms with E-state index in [4.69, 9.17) is 15.5 Å². The Morgan fingerprint density at radius 1 is 1.30 bits per heavy atom. The van der Waals surface area contributed by atoms with E-state index in [-0.39, 0.29) is 11.9 Å². The molecule has 4 rings (SSSR count). The first-order valence-electron chi connectivity index (χ1n) is 9.63. The number of aromatic nitrogens is 4. The van der Waals surface area contributed by atoms with Crippen LogP contribution in [0.5, 0.6) is 5.75 Å². The first-order chi connectivity index (χ1) is 14.5. The van der Waals surface area contributed by atoms with Gasteiger partial charge in [0.2, 0.25) is 0 Å². The largest absolute Gasteiger partial charge is 0.488 e. The topological polar surface area (TPSA) is 102 Å². The van der Waals surface area contributed by atoms with Crippen LogP contribution >= 0.6 is 0 Å². The minimum atomic E-state index is -0.440. The molecule has 0 radical (unpaired) electrons. The molecule has 0 spiro atoms.